The minimum absolute atomic E-state index is 0.208. The Balaban J connectivity index is 1.85. The van der Waals surface area contributed by atoms with Crippen LogP contribution in [0.25, 0.3) is 5.57 Å². The number of imide groups is 1. The number of amides is 2. The van der Waals surface area contributed by atoms with E-state index in [1.54, 1.807) is 18.2 Å². The van der Waals surface area contributed by atoms with Gasteiger partial charge in [-0.1, -0.05) is 59.1 Å². The number of nitrogens with one attached hydrogen (secondary N) is 1. The summed E-state index contributed by atoms with van der Waals surface area (Å²) in [6, 6.07) is 19.9. The monoisotopic (exact) mass is 432 g/mol. The lowest BCUT2D eigenvalue weighted by Crippen LogP contribution is -2.32. The zero-order valence-corrected chi connectivity index (χ0v) is 18.2. The van der Waals surface area contributed by atoms with Gasteiger partial charge in [-0.25, -0.2) is 4.90 Å². The number of ether oxygens (including phenoxy) is 1. The standard InChI is InChI=1S/C25H21ClN2O3/c1-15-4-8-17(9-5-15)22-23(27-19-11-6-16(2)7-12-19)25(30)28(24(22)29)20-14-18(26)10-13-21(20)31-3/h4-14,27H,1-3H3. The summed E-state index contributed by atoms with van der Waals surface area (Å²) in [5, 5.41) is 3.55. The van der Waals surface area contributed by atoms with Crippen LogP contribution < -0.4 is 15.0 Å². The first-order valence-corrected chi connectivity index (χ1v) is 10.1. The Hall–Kier alpha value is -3.57. The highest BCUT2D eigenvalue weighted by Gasteiger charge is 2.41. The van der Waals surface area contributed by atoms with Crippen LogP contribution in [0.3, 0.4) is 0 Å². The van der Waals surface area contributed by atoms with Gasteiger partial charge in [-0.3, -0.25) is 9.59 Å². The molecule has 0 spiro atoms. The van der Waals surface area contributed by atoms with Crippen molar-refractivity contribution in [1.82, 2.24) is 0 Å². The van der Waals surface area contributed by atoms with Crippen molar-refractivity contribution in [2.75, 3.05) is 17.3 Å². The third kappa shape index (κ3) is 3.92. The van der Waals surface area contributed by atoms with Gasteiger partial charge >= 0.3 is 0 Å². The van der Waals surface area contributed by atoms with Gasteiger partial charge in [-0.15, -0.1) is 0 Å². The van der Waals surface area contributed by atoms with Crippen LogP contribution in [0.4, 0.5) is 11.4 Å². The largest absolute Gasteiger partial charge is 0.495 e. The lowest BCUT2D eigenvalue weighted by atomic mass is 10.0. The van der Waals surface area contributed by atoms with E-state index in [9.17, 15) is 9.59 Å². The first-order valence-electron chi connectivity index (χ1n) is 9.76. The third-order valence-electron chi connectivity index (χ3n) is 5.13. The molecule has 31 heavy (non-hydrogen) atoms. The lowest BCUT2D eigenvalue weighted by molar-refractivity contribution is -0.120. The first kappa shape index (κ1) is 20.7. The molecule has 3 aromatic rings. The summed E-state index contributed by atoms with van der Waals surface area (Å²) in [6.45, 7) is 3.95. The number of halogens is 1. The molecule has 2 amide bonds. The number of anilines is 2. The molecule has 0 atom stereocenters. The van der Waals surface area contributed by atoms with Gasteiger partial charge in [0, 0.05) is 10.7 Å². The number of hydrogen-bond acceptors (Lipinski definition) is 4. The van der Waals surface area contributed by atoms with Crippen molar-refractivity contribution in [2.45, 2.75) is 13.8 Å². The first-order chi connectivity index (χ1) is 14.9. The van der Waals surface area contributed by atoms with E-state index >= 15 is 0 Å². The zero-order chi connectivity index (χ0) is 22.1. The van der Waals surface area contributed by atoms with Crippen LogP contribution in [-0.4, -0.2) is 18.9 Å². The maximum absolute atomic E-state index is 13.5. The maximum Gasteiger partial charge on any atom is 0.282 e. The van der Waals surface area contributed by atoms with E-state index in [0.29, 0.717) is 33.3 Å². The highest BCUT2D eigenvalue weighted by molar-refractivity contribution is 6.46. The predicted octanol–water partition coefficient (Wildman–Crippen LogP) is 5.36. The lowest BCUT2D eigenvalue weighted by Gasteiger charge is -2.18. The number of methoxy groups -OCH3 is 1. The van der Waals surface area contributed by atoms with Gasteiger partial charge in [-0.05, 0) is 49.7 Å². The topological polar surface area (TPSA) is 58.6 Å². The molecule has 0 aliphatic carbocycles. The fourth-order valence-corrected chi connectivity index (χ4v) is 3.64. The van der Waals surface area contributed by atoms with Crippen molar-refractivity contribution in [3.05, 3.63) is 94.1 Å². The number of rotatable bonds is 5. The van der Waals surface area contributed by atoms with Crippen LogP contribution in [0.15, 0.2) is 72.4 Å². The molecule has 0 saturated carbocycles. The van der Waals surface area contributed by atoms with E-state index in [1.807, 2.05) is 62.4 Å². The molecule has 1 aliphatic heterocycles. The Bertz CT molecular complexity index is 1200. The minimum atomic E-state index is -0.471. The average molecular weight is 433 g/mol. The van der Waals surface area contributed by atoms with E-state index in [0.717, 1.165) is 16.0 Å². The van der Waals surface area contributed by atoms with E-state index in [1.165, 1.54) is 7.11 Å². The number of hydrogen-bond donors (Lipinski definition) is 1. The Morgan fingerprint density at radius 1 is 0.839 bits per heavy atom. The van der Waals surface area contributed by atoms with Gasteiger partial charge in [0.1, 0.15) is 11.4 Å². The highest BCUT2D eigenvalue weighted by atomic mass is 35.5. The predicted molar refractivity (Wildman–Crippen MR) is 123 cm³/mol. The summed E-state index contributed by atoms with van der Waals surface area (Å²) < 4.78 is 5.39. The Labute approximate surface area is 185 Å². The molecule has 156 valence electrons. The van der Waals surface area contributed by atoms with Gasteiger partial charge in [0.05, 0.1) is 18.4 Å². The van der Waals surface area contributed by atoms with Crippen molar-refractivity contribution in [3.8, 4) is 5.75 Å². The summed E-state index contributed by atoms with van der Waals surface area (Å²) in [5.41, 5.74) is 4.33. The molecule has 0 saturated heterocycles. The van der Waals surface area contributed by atoms with Gasteiger partial charge in [0.25, 0.3) is 11.8 Å². The van der Waals surface area contributed by atoms with Gasteiger partial charge in [-0.2, -0.15) is 0 Å². The third-order valence-corrected chi connectivity index (χ3v) is 5.36. The molecule has 4 rings (SSSR count). The molecule has 0 radical (unpaired) electrons. The van der Waals surface area contributed by atoms with Crippen molar-refractivity contribution < 1.29 is 14.3 Å². The van der Waals surface area contributed by atoms with Crippen molar-refractivity contribution >= 4 is 40.4 Å². The van der Waals surface area contributed by atoms with E-state index in [-0.39, 0.29) is 5.70 Å². The molecule has 0 bridgehead atoms. The SMILES string of the molecule is COc1ccc(Cl)cc1N1C(=O)C(Nc2ccc(C)cc2)=C(c2ccc(C)cc2)C1=O. The second-order valence-electron chi connectivity index (χ2n) is 7.37. The molecule has 1 N–H and O–H groups in total. The highest BCUT2D eigenvalue weighted by Crippen LogP contribution is 2.39. The number of aryl methyl sites for hydroxylation is 2. The van der Waals surface area contributed by atoms with Crippen LogP contribution in [0.5, 0.6) is 5.75 Å². The van der Waals surface area contributed by atoms with Crippen molar-refractivity contribution in [2.24, 2.45) is 0 Å². The van der Waals surface area contributed by atoms with Crippen molar-refractivity contribution in [1.29, 1.82) is 0 Å². The molecule has 0 unspecified atom stereocenters. The van der Waals surface area contributed by atoms with Crippen LogP contribution in [0.1, 0.15) is 16.7 Å². The van der Waals surface area contributed by atoms with Gasteiger partial charge < -0.3 is 10.1 Å². The fraction of sp³-hybridized carbons (Fsp3) is 0.120. The number of carbonyl (C=O) groups is 2. The summed E-state index contributed by atoms with van der Waals surface area (Å²) >= 11 is 6.17. The Morgan fingerprint density at radius 3 is 2.06 bits per heavy atom. The molecule has 0 aromatic heterocycles. The summed E-state index contributed by atoms with van der Waals surface area (Å²) in [5.74, 6) is -0.531. The molecule has 5 nitrogen and oxygen atoms in total. The van der Waals surface area contributed by atoms with E-state index < -0.39 is 11.8 Å². The van der Waals surface area contributed by atoms with Crippen LogP contribution in [0, 0.1) is 13.8 Å². The van der Waals surface area contributed by atoms with Crippen LogP contribution >= 0.6 is 11.6 Å². The number of nitrogens with zero attached hydrogens (tertiary/aromatic N) is 1. The van der Waals surface area contributed by atoms with Crippen LogP contribution in [0.2, 0.25) is 5.02 Å². The summed E-state index contributed by atoms with van der Waals surface area (Å²) in [7, 11) is 1.48. The molecule has 1 heterocycles. The maximum atomic E-state index is 13.5. The van der Waals surface area contributed by atoms with Gasteiger partial charge in [0.15, 0.2) is 0 Å². The second kappa shape index (κ2) is 8.28. The van der Waals surface area contributed by atoms with Gasteiger partial charge in [0.2, 0.25) is 0 Å². The second-order valence-corrected chi connectivity index (χ2v) is 7.81. The van der Waals surface area contributed by atoms with Crippen LogP contribution in [-0.2, 0) is 9.59 Å². The fourth-order valence-electron chi connectivity index (χ4n) is 3.47. The average Bonchev–Trinajstić information content (AvgIpc) is 3.00. The molecule has 3 aromatic carbocycles. The molecule has 0 fully saturated rings. The number of carbonyl (C=O) groups excluding carboxylic acids is 2. The Kier molecular flexibility index (Phi) is 5.53. The molecular weight excluding hydrogens is 412 g/mol. The number of benzene rings is 3. The normalized spacial score (nSPS) is 13.7. The summed E-state index contributed by atoms with van der Waals surface area (Å²) in [6.07, 6.45) is 0. The van der Waals surface area contributed by atoms with E-state index in [2.05, 4.69) is 5.32 Å². The zero-order valence-electron chi connectivity index (χ0n) is 17.4. The molecule has 1 aliphatic rings. The minimum Gasteiger partial charge on any atom is -0.495 e. The summed E-state index contributed by atoms with van der Waals surface area (Å²) in [4.78, 5) is 28.2. The molecular formula is C25H21ClN2O3. The quantitative estimate of drug-likeness (QED) is 0.551. The van der Waals surface area contributed by atoms with E-state index in [4.69, 9.17) is 16.3 Å². The van der Waals surface area contributed by atoms with Crippen molar-refractivity contribution in [3.63, 3.8) is 0 Å². The molecule has 6 heteroatoms. The Morgan fingerprint density at radius 2 is 1.45 bits per heavy atom. The smallest absolute Gasteiger partial charge is 0.282 e.